The van der Waals surface area contributed by atoms with E-state index in [2.05, 4.69) is 110 Å². The van der Waals surface area contributed by atoms with Crippen molar-refractivity contribution < 1.29 is 0 Å². The molecule has 0 N–H and O–H groups in total. The molecule has 4 nitrogen and oxygen atoms in total. The van der Waals surface area contributed by atoms with Crippen molar-refractivity contribution in [3.05, 3.63) is 107 Å². The maximum absolute atomic E-state index is 9.66. The van der Waals surface area contributed by atoms with Crippen LogP contribution in [0.25, 0.3) is 49.4 Å². The van der Waals surface area contributed by atoms with E-state index in [1.165, 1.54) is 60.5 Å². The summed E-state index contributed by atoms with van der Waals surface area (Å²) in [5, 5.41) is 13.4. The van der Waals surface area contributed by atoms with Crippen LogP contribution in [0.15, 0.2) is 79.0 Å². The first-order chi connectivity index (χ1) is 19.0. The standard InChI is InChI=1S/C34H25BN4/c1-19-12-21(3)32-25(14-19)26-15-20(2)13-22(4)33(26)39(32)35-27-9-5-6-11-29(27)38-30-16-23(17-36)18-37-31(30)24-8-7-10-28(35)34(24)38/h5-16,18H,1-4H3. The minimum Gasteiger partial charge on any atom is -0.375 e. The van der Waals surface area contributed by atoms with Crippen molar-refractivity contribution in [3.8, 4) is 11.8 Å². The number of pyridine rings is 1. The van der Waals surface area contributed by atoms with Crippen molar-refractivity contribution in [1.82, 2.24) is 14.0 Å². The van der Waals surface area contributed by atoms with Crippen molar-refractivity contribution in [2.75, 3.05) is 0 Å². The lowest BCUT2D eigenvalue weighted by molar-refractivity contribution is 1.17. The van der Waals surface area contributed by atoms with E-state index in [0.717, 1.165) is 22.1 Å². The van der Waals surface area contributed by atoms with E-state index >= 15 is 0 Å². The Hall–Kier alpha value is -4.82. The molecule has 4 heterocycles. The number of hydrogen-bond acceptors (Lipinski definition) is 2. The molecule has 4 aromatic carbocycles. The first-order valence-electron chi connectivity index (χ1n) is 13.4. The molecule has 3 aromatic heterocycles. The Morgan fingerprint density at radius 1 is 0.718 bits per heavy atom. The summed E-state index contributed by atoms with van der Waals surface area (Å²) < 4.78 is 4.92. The third kappa shape index (κ3) is 2.81. The first-order valence-corrected chi connectivity index (χ1v) is 13.4. The van der Waals surface area contributed by atoms with E-state index in [-0.39, 0.29) is 6.85 Å². The maximum atomic E-state index is 9.66. The lowest BCUT2D eigenvalue weighted by atomic mass is 9.48. The van der Waals surface area contributed by atoms with Crippen LogP contribution in [-0.2, 0) is 0 Å². The first kappa shape index (κ1) is 22.2. The Kier molecular flexibility index (Phi) is 4.33. The Bertz CT molecular complexity index is 2180. The van der Waals surface area contributed by atoms with Crippen molar-refractivity contribution in [2.45, 2.75) is 27.7 Å². The molecular formula is C34H25BN4. The second kappa shape index (κ2) is 7.62. The van der Waals surface area contributed by atoms with Gasteiger partial charge in [0.05, 0.1) is 22.1 Å². The molecule has 184 valence electrons. The quantitative estimate of drug-likeness (QED) is 0.246. The smallest absolute Gasteiger partial charge is 0.332 e. The Morgan fingerprint density at radius 3 is 2.08 bits per heavy atom. The molecule has 0 atom stereocenters. The molecule has 1 aliphatic rings. The van der Waals surface area contributed by atoms with E-state index in [1.807, 2.05) is 6.07 Å². The van der Waals surface area contributed by atoms with Crippen molar-refractivity contribution in [2.24, 2.45) is 0 Å². The fraction of sp³-hybridized carbons (Fsp3) is 0.118. The number of hydrogen-bond donors (Lipinski definition) is 0. The summed E-state index contributed by atoms with van der Waals surface area (Å²) in [5.41, 5.74) is 15.0. The van der Waals surface area contributed by atoms with Crippen LogP contribution in [0.4, 0.5) is 0 Å². The highest BCUT2D eigenvalue weighted by atomic mass is 15.0. The van der Waals surface area contributed by atoms with Gasteiger partial charge >= 0.3 is 6.85 Å². The molecule has 5 heteroatoms. The normalized spacial score (nSPS) is 12.5. The Labute approximate surface area is 226 Å². The average molecular weight is 500 g/mol. The molecule has 7 aromatic rings. The summed E-state index contributed by atoms with van der Waals surface area (Å²) in [4.78, 5) is 4.78. The van der Waals surface area contributed by atoms with Gasteiger partial charge in [-0.25, -0.2) is 0 Å². The number of para-hydroxylation sites is 2. The lowest BCUT2D eigenvalue weighted by Gasteiger charge is -2.29. The molecule has 0 unspecified atom stereocenters. The molecule has 0 amide bonds. The number of rotatable bonds is 1. The third-order valence-corrected chi connectivity index (χ3v) is 8.47. The molecule has 0 spiro atoms. The van der Waals surface area contributed by atoms with E-state index in [4.69, 9.17) is 4.98 Å². The summed E-state index contributed by atoms with van der Waals surface area (Å²) in [7, 11) is 0. The van der Waals surface area contributed by atoms with Crippen LogP contribution in [0.3, 0.4) is 0 Å². The summed E-state index contributed by atoms with van der Waals surface area (Å²) in [6.07, 6.45) is 1.68. The number of aryl methyl sites for hydroxylation is 4. The summed E-state index contributed by atoms with van der Waals surface area (Å²) >= 11 is 0. The predicted octanol–water partition coefficient (Wildman–Crippen LogP) is 6.36. The zero-order chi connectivity index (χ0) is 26.6. The molecule has 0 saturated heterocycles. The minimum atomic E-state index is -0.0139. The van der Waals surface area contributed by atoms with Crippen LogP contribution < -0.4 is 10.9 Å². The van der Waals surface area contributed by atoms with E-state index in [9.17, 15) is 5.26 Å². The average Bonchev–Trinajstić information content (AvgIpc) is 3.43. The van der Waals surface area contributed by atoms with Gasteiger partial charge in [0.15, 0.2) is 0 Å². The highest BCUT2D eigenvalue weighted by molar-refractivity contribution is 6.88. The Balaban J connectivity index is 1.61. The van der Waals surface area contributed by atoms with Crippen LogP contribution in [0.1, 0.15) is 27.8 Å². The number of benzene rings is 4. The van der Waals surface area contributed by atoms with E-state index < -0.39 is 0 Å². The van der Waals surface area contributed by atoms with Gasteiger partial charge in [-0.2, -0.15) is 5.26 Å². The van der Waals surface area contributed by atoms with Crippen LogP contribution in [0.5, 0.6) is 0 Å². The summed E-state index contributed by atoms with van der Waals surface area (Å²) in [5.74, 6) is 0. The van der Waals surface area contributed by atoms with Crippen molar-refractivity contribution >= 4 is 61.5 Å². The third-order valence-electron chi connectivity index (χ3n) is 8.47. The molecule has 8 rings (SSSR count). The summed E-state index contributed by atoms with van der Waals surface area (Å²) in [6.45, 7) is 8.85. The van der Waals surface area contributed by atoms with Crippen LogP contribution in [-0.4, -0.2) is 20.9 Å². The van der Waals surface area contributed by atoms with Gasteiger partial charge in [-0.1, -0.05) is 59.7 Å². The highest BCUT2D eigenvalue weighted by Gasteiger charge is 2.36. The fourth-order valence-corrected chi connectivity index (χ4v) is 7.19. The highest BCUT2D eigenvalue weighted by Crippen LogP contribution is 2.38. The van der Waals surface area contributed by atoms with Crippen LogP contribution >= 0.6 is 0 Å². The molecular weight excluding hydrogens is 475 g/mol. The maximum Gasteiger partial charge on any atom is 0.332 e. The zero-order valence-electron chi connectivity index (χ0n) is 22.4. The van der Waals surface area contributed by atoms with Crippen LogP contribution in [0, 0.1) is 39.0 Å². The zero-order valence-corrected chi connectivity index (χ0v) is 22.4. The topological polar surface area (TPSA) is 46.5 Å². The molecule has 0 saturated carbocycles. The Morgan fingerprint density at radius 2 is 1.38 bits per heavy atom. The monoisotopic (exact) mass is 500 g/mol. The largest absolute Gasteiger partial charge is 0.375 e. The van der Waals surface area contributed by atoms with E-state index in [0.29, 0.717) is 5.56 Å². The SMILES string of the molecule is Cc1cc(C)c2c(c1)c1cc(C)cc(C)c1n2B1c2ccccc2-n2c3cc(C#N)cnc3c3cccc1c32. The van der Waals surface area contributed by atoms with Gasteiger partial charge < -0.3 is 9.05 Å². The van der Waals surface area contributed by atoms with Gasteiger partial charge in [-0.3, -0.25) is 4.98 Å². The van der Waals surface area contributed by atoms with Gasteiger partial charge in [0.2, 0.25) is 0 Å². The molecule has 39 heavy (non-hydrogen) atoms. The second-order valence-corrected chi connectivity index (χ2v) is 11.1. The lowest BCUT2D eigenvalue weighted by Crippen LogP contribution is -2.53. The minimum absolute atomic E-state index is 0.0139. The van der Waals surface area contributed by atoms with Gasteiger partial charge in [-0.05, 0) is 74.0 Å². The molecule has 0 fully saturated rings. The van der Waals surface area contributed by atoms with Gasteiger partial charge in [0.1, 0.15) is 6.07 Å². The number of aromatic nitrogens is 3. The molecule has 1 aliphatic heterocycles. The molecule has 0 bridgehead atoms. The van der Waals surface area contributed by atoms with Crippen molar-refractivity contribution in [3.63, 3.8) is 0 Å². The number of nitriles is 1. The fourth-order valence-electron chi connectivity index (χ4n) is 7.19. The number of fused-ring (bicyclic) bond motifs is 8. The van der Waals surface area contributed by atoms with Crippen LogP contribution in [0.2, 0.25) is 0 Å². The van der Waals surface area contributed by atoms with E-state index in [1.54, 1.807) is 6.20 Å². The number of nitrogens with zero attached hydrogens (tertiary/aromatic N) is 4. The van der Waals surface area contributed by atoms with Gasteiger partial charge in [-0.15, -0.1) is 0 Å². The molecule has 0 radical (unpaired) electrons. The van der Waals surface area contributed by atoms with Gasteiger partial charge in [0, 0.05) is 39.1 Å². The molecule has 0 aliphatic carbocycles. The van der Waals surface area contributed by atoms with Crippen molar-refractivity contribution in [1.29, 1.82) is 5.26 Å². The predicted molar refractivity (Wildman–Crippen MR) is 162 cm³/mol. The summed E-state index contributed by atoms with van der Waals surface area (Å²) in [6, 6.07) is 28.9. The second-order valence-electron chi connectivity index (χ2n) is 11.1. The van der Waals surface area contributed by atoms with Gasteiger partial charge in [0.25, 0.3) is 0 Å².